The Balaban J connectivity index is 1.69. The van der Waals surface area contributed by atoms with Crippen molar-refractivity contribution in [3.63, 3.8) is 0 Å². The Labute approximate surface area is 191 Å². The summed E-state index contributed by atoms with van der Waals surface area (Å²) in [5.74, 6) is 0.265. The number of hydrogen-bond donors (Lipinski definition) is 1. The highest BCUT2D eigenvalue weighted by atomic mass is 35.5. The number of carbonyl (C=O) groups is 1. The van der Waals surface area contributed by atoms with Crippen LogP contribution in [-0.4, -0.2) is 15.5 Å². The lowest BCUT2D eigenvalue weighted by Gasteiger charge is -2.28. The number of amides is 1. The second kappa shape index (κ2) is 9.79. The molecule has 0 radical (unpaired) electrons. The third-order valence-electron chi connectivity index (χ3n) is 5.98. The number of thiazole rings is 1. The number of nitrogens with one attached hydrogen (secondary N) is 1. The molecule has 1 saturated carbocycles. The average molecular weight is 456 g/mol. The molecule has 7 heteroatoms. The molecule has 1 aromatic carbocycles. The zero-order chi connectivity index (χ0) is 21.8. The van der Waals surface area contributed by atoms with E-state index >= 15 is 0 Å². The van der Waals surface area contributed by atoms with Crippen LogP contribution in [0.1, 0.15) is 50.3 Å². The van der Waals surface area contributed by atoms with Crippen LogP contribution < -0.4 is 10.9 Å². The first-order valence-corrected chi connectivity index (χ1v) is 12.0. The van der Waals surface area contributed by atoms with Crippen molar-refractivity contribution < 1.29 is 4.79 Å². The zero-order valence-electron chi connectivity index (χ0n) is 17.5. The van der Waals surface area contributed by atoms with Crippen molar-refractivity contribution in [1.29, 1.82) is 0 Å². The Morgan fingerprint density at radius 2 is 2.03 bits per heavy atom. The number of aryl methyl sites for hydroxylation is 1. The van der Waals surface area contributed by atoms with E-state index in [1.165, 1.54) is 30.6 Å². The molecule has 3 aromatic rings. The highest BCUT2D eigenvalue weighted by molar-refractivity contribution is 7.13. The van der Waals surface area contributed by atoms with E-state index in [1.807, 2.05) is 42.6 Å². The number of carbonyl (C=O) groups excluding carboxylic acids is 1. The molecule has 1 atom stereocenters. The smallest absolute Gasteiger partial charge is 0.252 e. The highest BCUT2D eigenvalue weighted by Gasteiger charge is 2.28. The quantitative estimate of drug-likeness (QED) is 0.489. The monoisotopic (exact) mass is 455 g/mol. The Morgan fingerprint density at radius 1 is 1.23 bits per heavy atom. The van der Waals surface area contributed by atoms with E-state index in [0.717, 1.165) is 29.7 Å². The van der Waals surface area contributed by atoms with E-state index < -0.39 is 6.04 Å². The molecule has 1 aliphatic carbocycles. The van der Waals surface area contributed by atoms with Gasteiger partial charge in [-0.3, -0.25) is 9.59 Å². The van der Waals surface area contributed by atoms with E-state index in [-0.39, 0.29) is 11.5 Å². The minimum absolute atomic E-state index is 0.176. The maximum atomic E-state index is 13.3. The van der Waals surface area contributed by atoms with Crippen molar-refractivity contribution in [2.75, 3.05) is 5.32 Å². The molecule has 0 aliphatic heterocycles. The predicted molar refractivity (Wildman–Crippen MR) is 127 cm³/mol. The molecule has 31 heavy (non-hydrogen) atoms. The summed E-state index contributed by atoms with van der Waals surface area (Å²) in [7, 11) is 0. The summed E-state index contributed by atoms with van der Waals surface area (Å²) in [4.78, 5) is 30.7. The van der Waals surface area contributed by atoms with Crippen LogP contribution >= 0.6 is 22.9 Å². The predicted octanol–water partition coefficient (Wildman–Crippen LogP) is 6.08. The summed E-state index contributed by atoms with van der Waals surface area (Å²) in [6.45, 7) is 1.89. The number of halogens is 1. The van der Waals surface area contributed by atoms with Crippen molar-refractivity contribution in [3.05, 3.63) is 69.0 Å². The molecule has 2 heterocycles. The first-order chi connectivity index (χ1) is 15.0. The van der Waals surface area contributed by atoms with Crippen LogP contribution in [0, 0.1) is 12.8 Å². The standard InChI is InChI=1S/C24H26ClN3O2S/c1-16-12-19(18-8-5-9-20(25)14-18)15-22(29)28(16)21(13-17-6-3-2-4-7-17)23(30)27-24-26-10-11-31-24/h5,8-12,14-15,17,21H,2-4,6-7,13H2,1H3,(H,26,27,30). The lowest BCUT2D eigenvalue weighted by Crippen LogP contribution is -2.36. The number of pyridine rings is 1. The van der Waals surface area contributed by atoms with E-state index in [1.54, 1.807) is 16.8 Å². The molecule has 1 N–H and O–H groups in total. The molecular formula is C24H26ClN3O2S. The molecule has 1 amide bonds. The number of aromatic nitrogens is 2. The molecule has 0 saturated heterocycles. The van der Waals surface area contributed by atoms with Gasteiger partial charge in [0.15, 0.2) is 5.13 Å². The maximum Gasteiger partial charge on any atom is 0.252 e. The fourth-order valence-electron chi connectivity index (χ4n) is 4.49. The summed E-state index contributed by atoms with van der Waals surface area (Å²) >= 11 is 7.51. The normalized spacial score (nSPS) is 15.5. The summed E-state index contributed by atoms with van der Waals surface area (Å²) in [5.41, 5.74) is 2.27. The number of rotatable bonds is 6. The van der Waals surface area contributed by atoms with Gasteiger partial charge >= 0.3 is 0 Å². The van der Waals surface area contributed by atoms with Crippen LogP contribution in [0.5, 0.6) is 0 Å². The highest BCUT2D eigenvalue weighted by Crippen LogP contribution is 2.32. The van der Waals surface area contributed by atoms with Crippen LogP contribution in [0.2, 0.25) is 5.02 Å². The molecule has 1 fully saturated rings. The third kappa shape index (κ3) is 5.25. The summed E-state index contributed by atoms with van der Waals surface area (Å²) in [5, 5.41) is 5.91. The first-order valence-electron chi connectivity index (χ1n) is 10.7. The lowest BCUT2D eigenvalue weighted by atomic mass is 9.84. The summed E-state index contributed by atoms with van der Waals surface area (Å²) in [6, 6.07) is 10.4. The summed E-state index contributed by atoms with van der Waals surface area (Å²) in [6.07, 6.45) is 8.16. The van der Waals surface area contributed by atoms with Crippen LogP contribution in [0.15, 0.2) is 52.8 Å². The summed E-state index contributed by atoms with van der Waals surface area (Å²) < 4.78 is 1.64. The topological polar surface area (TPSA) is 64.0 Å². The number of anilines is 1. The SMILES string of the molecule is Cc1cc(-c2cccc(Cl)c2)cc(=O)n1C(CC1CCCCC1)C(=O)Nc1nccs1. The number of hydrogen-bond acceptors (Lipinski definition) is 4. The van der Waals surface area contributed by atoms with Crippen molar-refractivity contribution >= 4 is 34.0 Å². The van der Waals surface area contributed by atoms with Crippen molar-refractivity contribution in [3.8, 4) is 11.1 Å². The van der Waals surface area contributed by atoms with Crippen LogP contribution in [0.3, 0.4) is 0 Å². The Morgan fingerprint density at radius 3 is 2.71 bits per heavy atom. The van der Waals surface area contributed by atoms with Gasteiger partial charge in [0, 0.05) is 28.4 Å². The molecule has 5 nitrogen and oxygen atoms in total. The van der Waals surface area contributed by atoms with Gasteiger partial charge in [-0.15, -0.1) is 11.3 Å². The Hall–Kier alpha value is -2.44. The lowest BCUT2D eigenvalue weighted by molar-refractivity contribution is -0.120. The molecule has 0 bridgehead atoms. The molecule has 4 rings (SSSR count). The molecular weight excluding hydrogens is 430 g/mol. The van der Waals surface area contributed by atoms with E-state index in [2.05, 4.69) is 10.3 Å². The van der Waals surface area contributed by atoms with E-state index in [4.69, 9.17) is 11.6 Å². The molecule has 2 aromatic heterocycles. The first kappa shape index (κ1) is 21.8. The van der Waals surface area contributed by atoms with Gasteiger partial charge in [0.2, 0.25) is 5.91 Å². The zero-order valence-corrected chi connectivity index (χ0v) is 19.1. The number of nitrogens with zero attached hydrogens (tertiary/aromatic N) is 2. The van der Waals surface area contributed by atoms with E-state index in [9.17, 15) is 9.59 Å². The van der Waals surface area contributed by atoms with Crippen LogP contribution in [0.4, 0.5) is 5.13 Å². The van der Waals surface area contributed by atoms with Crippen LogP contribution in [0.25, 0.3) is 11.1 Å². The second-order valence-corrected chi connectivity index (χ2v) is 9.52. The van der Waals surface area contributed by atoms with Gasteiger partial charge in [0.05, 0.1) is 0 Å². The molecule has 0 spiro atoms. The Bertz CT molecular complexity index is 1100. The van der Waals surface area contributed by atoms with Gasteiger partial charge in [-0.1, -0.05) is 55.8 Å². The molecule has 1 aliphatic rings. The third-order valence-corrected chi connectivity index (χ3v) is 6.90. The Kier molecular flexibility index (Phi) is 6.88. The van der Waals surface area contributed by atoms with Gasteiger partial charge < -0.3 is 9.88 Å². The fraction of sp³-hybridized carbons (Fsp3) is 0.375. The number of benzene rings is 1. The average Bonchev–Trinajstić information content (AvgIpc) is 3.26. The van der Waals surface area contributed by atoms with Gasteiger partial charge in [0.25, 0.3) is 5.56 Å². The minimum atomic E-state index is -0.562. The molecule has 162 valence electrons. The van der Waals surface area contributed by atoms with Gasteiger partial charge in [0.1, 0.15) is 6.04 Å². The van der Waals surface area contributed by atoms with Gasteiger partial charge in [-0.05, 0) is 48.6 Å². The second-order valence-electron chi connectivity index (χ2n) is 8.19. The van der Waals surface area contributed by atoms with Gasteiger partial charge in [-0.25, -0.2) is 4.98 Å². The minimum Gasteiger partial charge on any atom is -0.300 e. The molecule has 1 unspecified atom stereocenters. The van der Waals surface area contributed by atoms with Gasteiger partial charge in [-0.2, -0.15) is 0 Å². The largest absolute Gasteiger partial charge is 0.300 e. The van der Waals surface area contributed by atoms with Crippen LogP contribution in [-0.2, 0) is 4.79 Å². The van der Waals surface area contributed by atoms with E-state index in [0.29, 0.717) is 22.5 Å². The maximum absolute atomic E-state index is 13.3. The van der Waals surface area contributed by atoms with Crippen molar-refractivity contribution in [1.82, 2.24) is 9.55 Å². The van der Waals surface area contributed by atoms with Crippen molar-refractivity contribution in [2.24, 2.45) is 5.92 Å². The van der Waals surface area contributed by atoms with Crippen molar-refractivity contribution in [2.45, 2.75) is 51.5 Å². The fourth-order valence-corrected chi connectivity index (χ4v) is 5.21.